The number of nitrogens with zero attached hydrogens (tertiary/aromatic N) is 1. The molecule has 6 heteroatoms. The highest BCUT2D eigenvalue weighted by Gasteiger charge is 2.22. The fraction of sp³-hybridized carbons (Fsp3) is 0.889. The van der Waals surface area contributed by atoms with Crippen LogP contribution in [0.3, 0.4) is 0 Å². The summed E-state index contributed by atoms with van der Waals surface area (Å²) in [7, 11) is 0. The summed E-state index contributed by atoms with van der Waals surface area (Å²) in [6.45, 7) is 6.45. The van der Waals surface area contributed by atoms with Crippen LogP contribution < -0.4 is 11.4 Å². The van der Waals surface area contributed by atoms with E-state index < -0.39 is 0 Å². The van der Waals surface area contributed by atoms with Gasteiger partial charge in [-0.1, -0.05) is 5.59 Å². The first-order chi connectivity index (χ1) is 7.11. The normalized spacial score (nSPS) is 27.7. The van der Waals surface area contributed by atoms with Gasteiger partial charge in [-0.2, -0.15) is 0 Å². The molecule has 0 spiro atoms. The van der Waals surface area contributed by atoms with Gasteiger partial charge >= 0.3 is 5.97 Å². The van der Waals surface area contributed by atoms with Gasteiger partial charge in [0.05, 0.1) is 18.6 Å². The Labute approximate surface area is 89.6 Å². The summed E-state index contributed by atoms with van der Waals surface area (Å²) in [5.41, 5.74) is 1.88. The van der Waals surface area contributed by atoms with Crippen molar-refractivity contribution >= 4 is 5.97 Å². The first kappa shape index (κ1) is 12.4. The largest absolute Gasteiger partial charge is 0.373 e. The first-order valence-electron chi connectivity index (χ1n) is 5.15. The average molecular weight is 217 g/mol. The predicted octanol–water partition coefficient (Wildman–Crippen LogP) is -0.593. The van der Waals surface area contributed by atoms with Crippen LogP contribution >= 0.6 is 0 Å². The van der Waals surface area contributed by atoms with E-state index in [1.54, 1.807) is 0 Å². The van der Waals surface area contributed by atoms with Gasteiger partial charge in [0.1, 0.15) is 0 Å². The van der Waals surface area contributed by atoms with Crippen LogP contribution in [0.15, 0.2) is 0 Å². The van der Waals surface area contributed by atoms with Crippen LogP contribution in [0.1, 0.15) is 20.3 Å². The molecule has 0 bridgehead atoms. The number of carbonyl (C=O) groups is 1. The molecule has 1 aliphatic heterocycles. The molecule has 0 saturated carbocycles. The van der Waals surface area contributed by atoms with Gasteiger partial charge in [0.15, 0.2) is 0 Å². The third kappa shape index (κ3) is 4.57. The molecular formula is C9H19N3O3. The molecule has 2 atom stereocenters. The molecule has 3 N–H and O–H groups in total. The SMILES string of the molecule is C[C@@H]1CN(CCC(=O)ONN)C[C@H](C)O1. The number of hydrogen-bond donors (Lipinski definition) is 2. The quantitative estimate of drug-likeness (QED) is 0.484. The minimum atomic E-state index is -0.343. The molecule has 0 aromatic rings. The van der Waals surface area contributed by atoms with Crippen LogP contribution in [0.2, 0.25) is 0 Å². The first-order valence-corrected chi connectivity index (χ1v) is 5.15. The second kappa shape index (κ2) is 6.02. The zero-order chi connectivity index (χ0) is 11.3. The molecule has 0 unspecified atom stereocenters. The van der Waals surface area contributed by atoms with Crippen LogP contribution in [-0.2, 0) is 14.4 Å². The van der Waals surface area contributed by atoms with Crippen LogP contribution in [0.4, 0.5) is 0 Å². The van der Waals surface area contributed by atoms with E-state index in [2.05, 4.69) is 9.74 Å². The average Bonchev–Trinajstić information content (AvgIpc) is 2.14. The van der Waals surface area contributed by atoms with Crippen molar-refractivity contribution in [3.63, 3.8) is 0 Å². The Balaban J connectivity index is 2.23. The molecule has 6 nitrogen and oxygen atoms in total. The highest BCUT2D eigenvalue weighted by Crippen LogP contribution is 2.10. The van der Waals surface area contributed by atoms with Crippen LogP contribution in [-0.4, -0.2) is 42.7 Å². The van der Waals surface area contributed by atoms with Crippen molar-refractivity contribution < 1.29 is 14.4 Å². The van der Waals surface area contributed by atoms with Gasteiger partial charge in [-0.25, -0.2) is 5.84 Å². The summed E-state index contributed by atoms with van der Waals surface area (Å²) in [6, 6.07) is 0. The van der Waals surface area contributed by atoms with Gasteiger partial charge in [0, 0.05) is 19.6 Å². The summed E-state index contributed by atoms with van der Waals surface area (Å²) in [4.78, 5) is 17.6. The lowest BCUT2D eigenvalue weighted by atomic mass is 10.2. The maximum Gasteiger partial charge on any atom is 0.327 e. The molecule has 88 valence electrons. The minimum Gasteiger partial charge on any atom is -0.373 e. The van der Waals surface area contributed by atoms with Gasteiger partial charge in [0.25, 0.3) is 0 Å². The van der Waals surface area contributed by atoms with Crippen LogP contribution in [0.25, 0.3) is 0 Å². The van der Waals surface area contributed by atoms with E-state index in [1.165, 1.54) is 0 Å². The third-order valence-electron chi connectivity index (χ3n) is 2.30. The lowest BCUT2D eigenvalue weighted by molar-refractivity contribution is -0.152. The molecule has 1 rings (SSSR count). The number of nitrogens with two attached hydrogens (primary N) is 1. The van der Waals surface area contributed by atoms with Gasteiger partial charge < -0.3 is 9.57 Å². The molecule has 1 fully saturated rings. The molecule has 0 aromatic carbocycles. The molecular weight excluding hydrogens is 198 g/mol. The van der Waals surface area contributed by atoms with E-state index >= 15 is 0 Å². The van der Waals surface area contributed by atoms with Gasteiger partial charge in [-0.15, -0.1) is 0 Å². The number of carbonyl (C=O) groups excluding carboxylic acids is 1. The molecule has 1 aliphatic rings. The summed E-state index contributed by atoms with van der Waals surface area (Å²) in [5, 5.41) is 0. The Kier molecular flexibility index (Phi) is 4.97. The highest BCUT2D eigenvalue weighted by molar-refractivity contribution is 5.69. The zero-order valence-electron chi connectivity index (χ0n) is 9.23. The van der Waals surface area contributed by atoms with E-state index in [9.17, 15) is 4.79 Å². The van der Waals surface area contributed by atoms with Crippen molar-refractivity contribution in [2.75, 3.05) is 19.6 Å². The summed E-state index contributed by atoms with van der Waals surface area (Å²) in [6.07, 6.45) is 0.777. The molecule has 1 saturated heterocycles. The number of hydrazine groups is 1. The van der Waals surface area contributed by atoms with E-state index in [-0.39, 0.29) is 18.2 Å². The second-order valence-electron chi connectivity index (χ2n) is 3.86. The monoisotopic (exact) mass is 217 g/mol. The summed E-state index contributed by atoms with van der Waals surface area (Å²) in [5.74, 6) is 4.51. The van der Waals surface area contributed by atoms with Crippen LogP contribution in [0.5, 0.6) is 0 Å². The molecule has 1 heterocycles. The lowest BCUT2D eigenvalue weighted by Gasteiger charge is -2.34. The van der Waals surface area contributed by atoms with Gasteiger partial charge in [-0.05, 0) is 13.8 Å². The van der Waals surface area contributed by atoms with Crippen molar-refractivity contribution in [2.24, 2.45) is 5.84 Å². The molecule has 0 amide bonds. The van der Waals surface area contributed by atoms with Crippen molar-refractivity contribution in [2.45, 2.75) is 32.5 Å². The molecule has 0 aromatic heterocycles. The number of ether oxygens (including phenoxy) is 1. The Hall–Kier alpha value is -0.690. The van der Waals surface area contributed by atoms with Gasteiger partial charge in [0.2, 0.25) is 0 Å². The fourth-order valence-electron chi connectivity index (χ4n) is 1.83. The van der Waals surface area contributed by atoms with Crippen molar-refractivity contribution in [1.82, 2.24) is 10.5 Å². The maximum absolute atomic E-state index is 11.0. The highest BCUT2D eigenvalue weighted by atomic mass is 16.7. The number of rotatable bonds is 4. The Bertz CT molecular complexity index is 203. The van der Waals surface area contributed by atoms with Crippen molar-refractivity contribution in [1.29, 1.82) is 0 Å². The van der Waals surface area contributed by atoms with Crippen LogP contribution in [0, 0.1) is 0 Å². The number of nitrogens with one attached hydrogen (secondary N) is 1. The Morgan fingerprint density at radius 3 is 2.67 bits per heavy atom. The van der Waals surface area contributed by atoms with Gasteiger partial charge in [-0.3, -0.25) is 9.69 Å². The standard InChI is InChI=1S/C9H19N3O3/c1-7-5-12(6-8(2)14-7)4-3-9(13)15-11-10/h7-8,11H,3-6,10H2,1-2H3/t7-,8+. The third-order valence-corrected chi connectivity index (χ3v) is 2.30. The van der Waals surface area contributed by atoms with Crippen molar-refractivity contribution in [3.05, 3.63) is 0 Å². The summed E-state index contributed by atoms with van der Waals surface area (Å²) < 4.78 is 5.58. The van der Waals surface area contributed by atoms with E-state index in [0.29, 0.717) is 13.0 Å². The van der Waals surface area contributed by atoms with E-state index in [0.717, 1.165) is 13.1 Å². The predicted molar refractivity (Wildman–Crippen MR) is 54.5 cm³/mol. The Morgan fingerprint density at radius 2 is 2.13 bits per heavy atom. The molecule has 0 radical (unpaired) electrons. The maximum atomic E-state index is 11.0. The van der Waals surface area contributed by atoms with Crippen molar-refractivity contribution in [3.8, 4) is 0 Å². The number of hydrogen-bond acceptors (Lipinski definition) is 6. The zero-order valence-corrected chi connectivity index (χ0v) is 9.23. The molecule has 15 heavy (non-hydrogen) atoms. The minimum absolute atomic E-state index is 0.220. The molecule has 0 aliphatic carbocycles. The Morgan fingerprint density at radius 1 is 1.53 bits per heavy atom. The smallest absolute Gasteiger partial charge is 0.327 e. The fourth-order valence-corrected chi connectivity index (χ4v) is 1.83. The second-order valence-corrected chi connectivity index (χ2v) is 3.86. The number of morpholine rings is 1. The van der Waals surface area contributed by atoms with E-state index in [1.807, 2.05) is 19.4 Å². The van der Waals surface area contributed by atoms with E-state index in [4.69, 9.17) is 10.6 Å². The lowest BCUT2D eigenvalue weighted by Crippen LogP contribution is -2.46. The topological polar surface area (TPSA) is 76.8 Å². The summed E-state index contributed by atoms with van der Waals surface area (Å²) >= 11 is 0.